The Morgan fingerprint density at radius 3 is 2.64 bits per heavy atom. The van der Waals surface area contributed by atoms with Crippen molar-refractivity contribution < 1.29 is 13.6 Å². The summed E-state index contributed by atoms with van der Waals surface area (Å²) in [5.74, 6) is -0.219. The van der Waals surface area contributed by atoms with Crippen LogP contribution in [-0.4, -0.2) is 57.4 Å². The van der Waals surface area contributed by atoms with Gasteiger partial charge in [0.2, 0.25) is 5.91 Å². The van der Waals surface area contributed by atoms with E-state index in [1.54, 1.807) is 19.2 Å². The Morgan fingerprint density at radius 1 is 1.31 bits per heavy atom. The molecular weight excluding hydrogens is 464 g/mol. The van der Waals surface area contributed by atoms with Crippen LogP contribution in [0.15, 0.2) is 18.3 Å². The molecule has 0 spiro atoms. The first-order valence-corrected chi connectivity index (χ1v) is 13.1. The number of nitrogens with two attached hydrogens (primary N) is 2. The van der Waals surface area contributed by atoms with Crippen LogP contribution in [-0.2, 0) is 11.2 Å². The Kier molecular flexibility index (Phi) is 10.3. The number of piperidine rings is 1. The molecule has 0 saturated carbocycles. The summed E-state index contributed by atoms with van der Waals surface area (Å²) >= 11 is 0. The van der Waals surface area contributed by atoms with Gasteiger partial charge >= 0.3 is 0 Å². The van der Waals surface area contributed by atoms with Crippen molar-refractivity contribution in [2.24, 2.45) is 17.4 Å². The molecular formula is C26H43F2N7O. The third kappa shape index (κ3) is 6.86. The van der Waals surface area contributed by atoms with E-state index in [0.29, 0.717) is 24.7 Å². The van der Waals surface area contributed by atoms with Crippen molar-refractivity contribution in [1.82, 2.24) is 21.3 Å². The van der Waals surface area contributed by atoms with Crippen molar-refractivity contribution in [3.63, 3.8) is 0 Å². The lowest BCUT2D eigenvalue weighted by Gasteiger charge is -2.43. The van der Waals surface area contributed by atoms with Gasteiger partial charge in [-0.15, -0.1) is 0 Å². The molecule has 8 nitrogen and oxygen atoms in total. The van der Waals surface area contributed by atoms with Crippen LogP contribution in [0.5, 0.6) is 0 Å². The van der Waals surface area contributed by atoms with Crippen LogP contribution in [0.25, 0.3) is 5.70 Å². The predicted molar refractivity (Wildman–Crippen MR) is 142 cm³/mol. The molecule has 0 aliphatic carbocycles. The zero-order valence-corrected chi connectivity index (χ0v) is 21.7. The molecule has 1 aromatic rings. The number of carbonyl (C=O) groups is 1. The standard InChI is InChI=1S/C26H43F2N7O/c1-4-23(34-18-7-9-32-10-8-18)21(14-33-16(2)36)26(30)35-11-5-6-17-12-19(22(29)15-31-3)20(25(27)28)13-24(17)35/h12-13,15,18,21,23,25-26,31-32,34H,4-11,14,29-30H2,1-3H3,(H,33,36)/b22-15-. The van der Waals surface area contributed by atoms with Crippen LogP contribution in [0.1, 0.15) is 62.6 Å². The molecule has 2 aliphatic rings. The molecule has 1 aromatic carbocycles. The lowest BCUT2D eigenvalue weighted by molar-refractivity contribution is -0.119. The Labute approximate surface area is 213 Å². The van der Waals surface area contributed by atoms with E-state index >= 15 is 0 Å². The van der Waals surface area contributed by atoms with Crippen LogP contribution in [0.3, 0.4) is 0 Å². The summed E-state index contributed by atoms with van der Waals surface area (Å²) in [5.41, 5.74) is 15.3. The highest BCUT2D eigenvalue weighted by Crippen LogP contribution is 2.37. The number of anilines is 1. The monoisotopic (exact) mass is 507 g/mol. The van der Waals surface area contributed by atoms with Gasteiger partial charge in [-0.1, -0.05) is 6.92 Å². The minimum atomic E-state index is -2.67. The average molecular weight is 508 g/mol. The minimum Gasteiger partial charge on any atom is -0.397 e. The Hall–Kier alpha value is -2.43. The SMILES string of the molecule is CCC(NC1CCNCC1)C(CNC(C)=O)C(N)N1CCCc2cc(/C(N)=C/NC)c(C(F)F)cc21. The van der Waals surface area contributed by atoms with E-state index in [1.165, 1.54) is 13.1 Å². The van der Waals surface area contributed by atoms with Crippen molar-refractivity contribution in [2.75, 3.05) is 38.1 Å². The molecule has 3 rings (SSSR count). The average Bonchev–Trinajstić information content (AvgIpc) is 2.87. The molecule has 2 aliphatic heterocycles. The first-order valence-electron chi connectivity index (χ1n) is 13.1. The highest BCUT2D eigenvalue weighted by molar-refractivity contribution is 5.73. The van der Waals surface area contributed by atoms with Gasteiger partial charge in [-0.05, 0) is 62.9 Å². The third-order valence-corrected chi connectivity index (χ3v) is 7.38. The maximum atomic E-state index is 14.1. The molecule has 202 valence electrons. The van der Waals surface area contributed by atoms with Gasteiger partial charge in [0.25, 0.3) is 6.43 Å². The molecule has 1 amide bonds. The van der Waals surface area contributed by atoms with Crippen LogP contribution >= 0.6 is 0 Å². The number of hydrogen-bond donors (Lipinski definition) is 6. The number of nitrogens with one attached hydrogen (secondary N) is 4. The fourth-order valence-electron chi connectivity index (χ4n) is 5.48. The number of aryl methyl sites for hydroxylation is 1. The maximum Gasteiger partial charge on any atom is 0.264 e. The number of rotatable bonds is 11. The van der Waals surface area contributed by atoms with Crippen molar-refractivity contribution in [1.29, 1.82) is 0 Å². The zero-order valence-electron chi connectivity index (χ0n) is 21.7. The first-order chi connectivity index (χ1) is 17.3. The highest BCUT2D eigenvalue weighted by Gasteiger charge is 2.35. The van der Waals surface area contributed by atoms with E-state index in [0.717, 1.165) is 56.4 Å². The van der Waals surface area contributed by atoms with E-state index < -0.39 is 12.6 Å². The molecule has 0 bridgehead atoms. The van der Waals surface area contributed by atoms with Crippen LogP contribution in [0.4, 0.5) is 14.5 Å². The second-order valence-corrected chi connectivity index (χ2v) is 9.85. The molecule has 3 atom stereocenters. The molecule has 2 heterocycles. The minimum absolute atomic E-state index is 0.0726. The number of benzene rings is 1. The molecule has 10 heteroatoms. The molecule has 0 aromatic heterocycles. The van der Waals surface area contributed by atoms with Gasteiger partial charge in [0.15, 0.2) is 0 Å². The summed E-state index contributed by atoms with van der Waals surface area (Å²) in [4.78, 5) is 13.9. The molecule has 36 heavy (non-hydrogen) atoms. The topological polar surface area (TPSA) is 120 Å². The van der Waals surface area contributed by atoms with E-state index in [9.17, 15) is 13.6 Å². The highest BCUT2D eigenvalue weighted by atomic mass is 19.3. The molecule has 8 N–H and O–H groups in total. The second-order valence-electron chi connectivity index (χ2n) is 9.85. The van der Waals surface area contributed by atoms with Gasteiger partial charge in [-0.25, -0.2) is 8.78 Å². The summed E-state index contributed by atoms with van der Waals surface area (Å²) in [6.07, 6.45) is 2.93. The number of carbonyl (C=O) groups excluding carboxylic acids is 1. The van der Waals surface area contributed by atoms with Crippen molar-refractivity contribution in [3.8, 4) is 0 Å². The lowest BCUT2D eigenvalue weighted by Crippen LogP contribution is -2.59. The molecule has 3 unspecified atom stereocenters. The van der Waals surface area contributed by atoms with Crippen molar-refractivity contribution >= 4 is 17.3 Å². The Morgan fingerprint density at radius 2 is 2.03 bits per heavy atom. The van der Waals surface area contributed by atoms with Gasteiger partial charge < -0.3 is 37.6 Å². The quantitative estimate of drug-likeness (QED) is 0.271. The van der Waals surface area contributed by atoms with Gasteiger partial charge in [0, 0.05) is 68.1 Å². The molecule has 0 radical (unpaired) electrons. The Balaban J connectivity index is 1.95. The van der Waals surface area contributed by atoms with Crippen LogP contribution in [0, 0.1) is 5.92 Å². The summed E-state index contributed by atoms with van der Waals surface area (Å²) in [6, 6.07) is 3.79. The molecule has 1 fully saturated rings. The van der Waals surface area contributed by atoms with Gasteiger partial charge in [-0.3, -0.25) is 4.79 Å². The summed E-state index contributed by atoms with van der Waals surface area (Å²) < 4.78 is 28.2. The second kappa shape index (κ2) is 13.2. The number of alkyl halides is 2. The van der Waals surface area contributed by atoms with E-state index in [1.807, 2.05) is 4.90 Å². The smallest absolute Gasteiger partial charge is 0.264 e. The van der Waals surface area contributed by atoms with Gasteiger partial charge in [0.1, 0.15) is 0 Å². The molecule has 1 saturated heterocycles. The van der Waals surface area contributed by atoms with Crippen LogP contribution < -0.4 is 37.6 Å². The largest absolute Gasteiger partial charge is 0.397 e. The van der Waals surface area contributed by atoms with Crippen LogP contribution in [0.2, 0.25) is 0 Å². The third-order valence-electron chi connectivity index (χ3n) is 7.38. The summed E-state index contributed by atoms with van der Waals surface area (Å²) in [7, 11) is 1.69. The Bertz CT molecular complexity index is 905. The number of nitrogens with zero attached hydrogens (tertiary/aromatic N) is 1. The predicted octanol–water partition coefficient (Wildman–Crippen LogP) is 2.01. The fraction of sp³-hybridized carbons (Fsp3) is 0.654. The fourth-order valence-corrected chi connectivity index (χ4v) is 5.48. The summed E-state index contributed by atoms with van der Waals surface area (Å²) in [6.45, 7) is 6.64. The lowest BCUT2D eigenvalue weighted by atomic mass is 9.88. The van der Waals surface area contributed by atoms with Crippen molar-refractivity contribution in [2.45, 2.75) is 70.6 Å². The number of halogens is 2. The number of fused-ring (bicyclic) bond motifs is 1. The van der Waals surface area contributed by atoms with Gasteiger partial charge in [0.05, 0.1) is 11.9 Å². The van der Waals surface area contributed by atoms with E-state index in [4.69, 9.17) is 11.5 Å². The normalized spacial score (nSPS) is 19.5. The number of hydrogen-bond acceptors (Lipinski definition) is 7. The van der Waals surface area contributed by atoms with E-state index in [2.05, 4.69) is 28.2 Å². The number of amides is 1. The zero-order chi connectivity index (χ0) is 26.2. The van der Waals surface area contributed by atoms with Gasteiger partial charge in [-0.2, -0.15) is 0 Å². The van der Waals surface area contributed by atoms with Crippen molar-refractivity contribution in [3.05, 3.63) is 35.0 Å². The maximum absolute atomic E-state index is 14.1. The van der Waals surface area contributed by atoms with E-state index in [-0.39, 0.29) is 29.1 Å². The first kappa shape index (κ1) is 28.1. The summed E-state index contributed by atoms with van der Waals surface area (Å²) in [5, 5.41) is 13.0.